The van der Waals surface area contributed by atoms with E-state index in [4.69, 9.17) is 11.6 Å². The number of aromatic nitrogens is 1. The van der Waals surface area contributed by atoms with E-state index in [1.165, 1.54) is 0 Å². The first kappa shape index (κ1) is 15.5. The predicted octanol–water partition coefficient (Wildman–Crippen LogP) is 4.83. The standard InChI is InChI=1S/C14H14BrClN2OS/c1-2-4-11(12-5-3-6-20-12)18-14(19)10-7-9(15)8-17-13(10)16/h3,5-8,11H,2,4H2,1H3,(H,18,19). The van der Waals surface area contributed by atoms with Crippen LogP contribution in [0, 0.1) is 0 Å². The summed E-state index contributed by atoms with van der Waals surface area (Å²) in [5, 5.41) is 5.26. The minimum absolute atomic E-state index is 0.0162. The fourth-order valence-corrected chi connectivity index (χ4v) is 3.21. The second-order valence-electron chi connectivity index (χ2n) is 4.32. The summed E-state index contributed by atoms with van der Waals surface area (Å²) < 4.78 is 0.732. The van der Waals surface area contributed by atoms with E-state index >= 15 is 0 Å². The van der Waals surface area contributed by atoms with Gasteiger partial charge >= 0.3 is 0 Å². The highest BCUT2D eigenvalue weighted by atomic mass is 79.9. The molecule has 0 spiro atoms. The molecule has 0 saturated carbocycles. The van der Waals surface area contributed by atoms with Gasteiger partial charge in [0.25, 0.3) is 5.91 Å². The Hall–Kier alpha value is -0.910. The molecular formula is C14H14BrClN2OS. The van der Waals surface area contributed by atoms with Gasteiger partial charge in [-0.25, -0.2) is 4.98 Å². The third-order valence-corrected chi connectivity index (χ3v) is 4.54. The Morgan fingerprint density at radius 2 is 2.40 bits per heavy atom. The maximum atomic E-state index is 12.3. The quantitative estimate of drug-likeness (QED) is 0.763. The number of nitrogens with one attached hydrogen (secondary N) is 1. The zero-order chi connectivity index (χ0) is 14.5. The van der Waals surface area contributed by atoms with Crippen LogP contribution in [-0.4, -0.2) is 10.9 Å². The van der Waals surface area contributed by atoms with Gasteiger partial charge in [-0.3, -0.25) is 4.79 Å². The SMILES string of the molecule is CCCC(NC(=O)c1cc(Br)cnc1Cl)c1cccs1. The van der Waals surface area contributed by atoms with Gasteiger partial charge in [0.15, 0.2) is 0 Å². The summed E-state index contributed by atoms with van der Waals surface area (Å²) in [7, 11) is 0. The average Bonchev–Trinajstić information content (AvgIpc) is 2.95. The molecule has 0 aromatic carbocycles. The lowest BCUT2D eigenvalue weighted by Gasteiger charge is -2.17. The van der Waals surface area contributed by atoms with E-state index in [0.29, 0.717) is 5.56 Å². The molecule has 0 aliphatic carbocycles. The van der Waals surface area contributed by atoms with E-state index in [2.05, 4.69) is 33.2 Å². The second-order valence-corrected chi connectivity index (χ2v) is 6.58. The van der Waals surface area contributed by atoms with Crippen molar-refractivity contribution in [3.05, 3.63) is 49.8 Å². The zero-order valence-electron chi connectivity index (χ0n) is 10.9. The van der Waals surface area contributed by atoms with Gasteiger partial charge in [0.1, 0.15) is 5.15 Å². The number of amides is 1. The lowest BCUT2D eigenvalue weighted by atomic mass is 10.1. The summed E-state index contributed by atoms with van der Waals surface area (Å²) in [5.74, 6) is -0.198. The lowest BCUT2D eigenvalue weighted by molar-refractivity contribution is 0.0935. The van der Waals surface area contributed by atoms with Crippen molar-refractivity contribution in [1.29, 1.82) is 0 Å². The molecule has 2 heterocycles. The zero-order valence-corrected chi connectivity index (χ0v) is 14.1. The minimum atomic E-state index is -0.198. The van der Waals surface area contributed by atoms with Crippen LogP contribution in [0.4, 0.5) is 0 Å². The summed E-state index contributed by atoms with van der Waals surface area (Å²) in [4.78, 5) is 17.5. The molecular weight excluding hydrogens is 360 g/mol. The normalized spacial score (nSPS) is 12.2. The third-order valence-electron chi connectivity index (χ3n) is 2.82. The van der Waals surface area contributed by atoms with Crippen molar-refractivity contribution in [2.24, 2.45) is 0 Å². The van der Waals surface area contributed by atoms with Crippen LogP contribution in [0.25, 0.3) is 0 Å². The van der Waals surface area contributed by atoms with E-state index in [1.807, 2.05) is 17.5 Å². The summed E-state index contributed by atoms with van der Waals surface area (Å²) in [6.45, 7) is 2.10. The average molecular weight is 374 g/mol. The number of carbonyl (C=O) groups is 1. The van der Waals surface area contributed by atoms with Gasteiger partial charge < -0.3 is 5.32 Å². The van der Waals surface area contributed by atoms with Crippen molar-refractivity contribution in [3.8, 4) is 0 Å². The van der Waals surface area contributed by atoms with Crippen molar-refractivity contribution in [2.75, 3.05) is 0 Å². The van der Waals surface area contributed by atoms with Crippen LogP contribution in [0.3, 0.4) is 0 Å². The lowest BCUT2D eigenvalue weighted by Crippen LogP contribution is -2.28. The van der Waals surface area contributed by atoms with Gasteiger partial charge in [-0.15, -0.1) is 11.3 Å². The number of hydrogen-bond acceptors (Lipinski definition) is 3. The first-order valence-electron chi connectivity index (χ1n) is 6.27. The molecule has 0 radical (unpaired) electrons. The molecule has 0 bridgehead atoms. The Morgan fingerprint density at radius 1 is 1.60 bits per heavy atom. The molecule has 0 fully saturated rings. The van der Waals surface area contributed by atoms with Crippen LogP contribution in [-0.2, 0) is 0 Å². The van der Waals surface area contributed by atoms with E-state index in [9.17, 15) is 4.79 Å². The van der Waals surface area contributed by atoms with Gasteiger partial charge in [-0.2, -0.15) is 0 Å². The molecule has 1 amide bonds. The number of nitrogens with zero attached hydrogens (tertiary/aromatic N) is 1. The number of pyridine rings is 1. The monoisotopic (exact) mass is 372 g/mol. The molecule has 2 rings (SSSR count). The predicted molar refractivity (Wildman–Crippen MR) is 86.4 cm³/mol. The molecule has 20 heavy (non-hydrogen) atoms. The smallest absolute Gasteiger partial charge is 0.254 e. The number of thiophene rings is 1. The van der Waals surface area contributed by atoms with Gasteiger partial charge in [-0.1, -0.05) is 31.0 Å². The Labute approximate surface area is 135 Å². The van der Waals surface area contributed by atoms with Crippen molar-refractivity contribution in [3.63, 3.8) is 0 Å². The van der Waals surface area contributed by atoms with Crippen LogP contribution in [0.2, 0.25) is 5.15 Å². The number of hydrogen-bond donors (Lipinski definition) is 1. The highest BCUT2D eigenvalue weighted by Gasteiger charge is 2.18. The molecule has 1 unspecified atom stereocenters. The highest BCUT2D eigenvalue weighted by molar-refractivity contribution is 9.10. The van der Waals surface area contributed by atoms with Crippen LogP contribution < -0.4 is 5.32 Å². The summed E-state index contributed by atoms with van der Waals surface area (Å²) in [6, 6.07) is 5.72. The highest BCUT2D eigenvalue weighted by Crippen LogP contribution is 2.25. The topological polar surface area (TPSA) is 42.0 Å². The summed E-state index contributed by atoms with van der Waals surface area (Å²) in [6.07, 6.45) is 3.46. The maximum Gasteiger partial charge on any atom is 0.254 e. The molecule has 0 aliphatic heterocycles. The number of carbonyl (C=O) groups excluding carboxylic acids is 1. The molecule has 106 valence electrons. The van der Waals surface area contributed by atoms with Gasteiger partial charge in [-0.05, 0) is 39.9 Å². The molecule has 1 atom stereocenters. The Kier molecular flexibility index (Phi) is 5.57. The van der Waals surface area contributed by atoms with E-state index in [0.717, 1.165) is 22.2 Å². The maximum absolute atomic E-state index is 12.3. The van der Waals surface area contributed by atoms with Crippen LogP contribution in [0.1, 0.15) is 41.0 Å². The molecule has 2 aromatic heterocycles. The Balaban J connectivity index is 2.18. The second kappa shape index (κ2) is 7.20. The van der Waals surface area contributed by atoms with E-state index < -0.39 is 0 Å². The molecule has 2 aromatic rings. The number of rotatable bonds is 5. The van der Waals surface area contributed by atoms with Crippen LogP contribution in [0.5, 0.6) is 0 Å². The first-order chi connectivity index (χ1) is 9.61. The molecule has 1 N–H and O–H groups in total. The van der Waals surface area contributed by atoms with Crippen LogP contribution in [0.15, 0.2) is 34.2 Å². The minimum Gasteiger partial charge on any atom is -0.344 e. The van der Waals surface area contributed by atoms with Gasteiger partial charge in [0.2, 0.25) is 0 Å². The fourth-order valence-electron chi connectivity index (χ4n) is 1.88. The Bertz CT molecular complexity index is 589. The van der Waals surface area contributed by atoms with E-state index in [-0.39, 0.29) is 17.1 Å². The third kappa shape index (κ3) is 3.81. The molecule has 3 nitrogen and oxygen atoms in total. The van der Waals surface area contributed by atoms with Crippen molar-refractivity contribution in [2.45, 2.75) is 25.8 Å². The molecule has 6 heteroatoms. The first-order valence-corrected chi connectivity index (χ1v) is 8.32. The Morgan fingerprint density at radius 3 is 3.05 bits per heavy atom. The summed E-state index contributed by atoms with van der Waals surface area (Å²) in [5.41, 5.74) is 0.388. The molecule has 0 saturated heterocycles. The van der Waals surface area contributed by atoms with Crippen molar-refractivity contribution >= 4 is 44.8 Å². The fraction of sp³-hybridized carbons (Fsp3) is 0.286. The van der Waals surface area contributed by atoms with Crippen molar-refractivity contribution in [1.82, 2.24) is 10.3 Å². The van der Waals surface area contributed by atoms with Gasteiger partial charge in [0, 0.05) is 15.5 Å². The van der Waals surface area contributed by atoms with Gasteiger partial charge in [0.05, 0.1) is 11.6 Å². The van der Waals surface area contributed by atoms with Crippen LogP contribution >= 0.6 is 38.9 Å². The summed E-state index contributed by atoms with van der Waals surface area (Å²) >= 11 is 10.9. The number of halogens is 2. The van der Waals surface area contributed by atoms with E-state index in [1.54, 1.807) is 23.6 Å². The largest absolute Gasteiger partial charge is 0.344 e. The molecule has 0 aliphatic rings. The van der Waals surface area contributed by atoms with Crippen molar-refractivity contribution < 1.29 is 4.79 Å².